The van der Waals surface area contributed by atoms with Crippen LogP contribution in [0.25, 0.3) is 0 Å². The van der Waals surface area contributed by atoms with E-state index in [1.807, 2.05) is 18.2 Å². The molecular weight excluding hydrogens is 250 g/mol. The minimum Gasteiger partial charge on any atom is -0.386 e. The number of amides is 1. The predicted molar refractivity (Wildman–Crippen MR) is 73.2 cm³/mol. The van der Waals surface area contributed by atoms with Gasteiger partial charge in [-0.3, -0.25) is 4.79 Å². The van der Waals surface area contributed by atoms with E-state index in [2.05, 4.69) is 15.6 Å². The van der Waals surface area contributed by atoms with Crippen molar-refractivity contribution in [3.8, 4) is 0 Å². The van der Waals surface area contributed by atoms with Crippen LogP contribution in [0.4, 0.5) is 11.4 Å². The Morgan fingerprint density at radius 2 is 1.94 bits per heavy atom. The number of carbonyl (C=O) groups excluding carboxylic acids is 1. The normalized spacial score (nSPS) is 9.89. The number of halogens is 1. The third-order valence-corrected chi connectivity index (χ3v) is 2.63. The van der Waals surface area contributed by atoms with Crippen LogP contribution >= 0.6 is 11.6 Å². The van der Waals surface area contributed by atoms with Crippen molar-refractivity contribution < 1.29 is 4.79 Å². The highest BCUT2D eigenvalue weighted by molar-refractivity contribution is 6.29. The average Bonchev–Trinajstić information content (AvgIpc) is 2.41. The monoisotopic (exact) mass is 261 g/mol. The molecule has 0 atom stereocenters. The van der Waals surface area contributed by atoms with Crippen molar-refractivity contribution in [3.63, 3.8) is 0 Å². The van der Waals surface area contributed by atoms with E-state index >= 15 is 0 Å². The number of hydrogen-bond donors (Lipinski definition) is 2. The smallest absolute Gasteiger partial charge is 0.255 e. The van der Waals surface area contributed by atoms with Crippen LogP contribution in [0.5, 0.6) is 0 Å². The molecule has 1 aromatic heterocycles. The van der Waals surface area contributed by atoms with E-state index in [-0.39, 0.29) is 5.91 Å². The minimum atomic E-state index is -0.184. The molecule has 18 heavy (non-hydrogen) atoms. The molecule has 0 spiro atoms. The second-order valence-electron chi connectivity index (χ2n) is 3.62. The van der Waals surface area contributed by atoms with Crippen molar-refractivity contribution >= 4 is 28.9 Å². The molecule has 0 saturated carbocycles. The van der Waals surface area contributed by atoms with Gasteiger partial charge in [0, 0.05) is 18.7 Å². The van der Waals surface area contributed by atoms with Gasteiger partial charge in [0.05, 0.1) is 17.6 Å². The van der Waals surface area contributed by atoms with Crippen LogP contribution in [0.1, 0.15) is 10.4 Å². The van der Waals surface area contributed by atoms with Gasteiger partial charge in [-0.1, -0.05) is 29.8 Å². The number of hydrogen-bond acceptors (Lipinski definition) is 3. The van der Waals surface area contributed by atoms with E-state index in [0.717, 1.165) is 5.69 Å². The number of aromatic nitrogens is 1. The van der Waals surface area contributed by atoms with Gasteiger partial charge in [0.2, 0.25) is 0 Å². The van der Waals surface area contributed by atoms with Gasteiger partial charge in [0.15, 0.2) is 0 Å². The van der Waals surface area contributed by atoms with Gasteiger partial charge in [-0.15, -0.1) is 0 Å². The van der Waals surface area contributed by atoms with E-state index < -0.39 is 0 Å². The molecule has 0 aliphatic carbocycles. The molecule has 0 bridgehead atoms. The van der Waals surface area contributed by atoms with E-state index in [9.17, 15) is 4.79 Å². The molecule has 0 aliphatic heterocycles. The Labute approximate surface area is 110 Å². The maximum Gasteiger partial charge on any atom is 0.255 e. The maximum atomic E-state index is 12.0. The van der Waals surface area contributed by atoms with Crippen LogP contribution in [0.3, 0.4) is 0 Å². The number of nitrogens with zero attached hydrogens (tertiary/aromatic N) is 1. The van der Waals surface area contributed by atoms with E-state index in [4.69, 9.17) is 11.6 Å². The van der Waals surface area contributed by atoms with Gasteiger partial charge in [-0.05, 0) is 12.1 Å². The molecule has 2 aromatic rings. The first-order chi connectivity index (χ1) is 8.70. The quantitative estimate of drug-likeness (QED) is 0.835. The van der Waals surface area contributed by atoms with E-state index in [1.165, 1.54) is 6.20 Å². The Morgan fingerprint density at radius 1 is 1.22 bits per heavy atom. The molecule has 2 rings (SSSR count). The second-order valence-corrected chi connectivity index (χ2v) is 4.01. The molecule has 92 valence electrons. The Morgan fingerprint density at radius 3 is 2.61 bits per heavy atom. The van der Waals surface area contributed by atoms with Gasteiger partial charge >= 0.3 is 0 Å². The lowest BCUT2D eigenvalue weighted by Gasteiger charge is -2.10. The van der Waals surface area contributed by atoms with E-state index in [0.29, 0.717) is 16.4 Å². The van der Waals surface area contributed by atoms with Gasteiger partial charge in [0.25, 0.3) is 5.91 Å². The molecule has 4 nitrogen and oxygen atoms in total. The highest BCUT2D eigenvalue weighted by Gasteiger charge is 2.09. The van der Waals surface area contributed by atoms with Crippen LogP contribution < -0.4 is 10.6 Å². The number of anilines is 2. The zero-order valence-electron chi connectivity index (χ0n) is 9.77. The lowest BCUT2D eigenvalue weighted by atomic mass is 10.2. The topological polar surface area (TPSA) is 54.0 Å². The summed E-state index contributed by atoms with van der Waals surface area (Å²) in [6.45, 7) is 0. The molecule has 0 unspecified atom stereocenters. The largest absolute Gasteiger partial charge is 0.386 e. The number of benzene rings is 1. The van der Waals surface area contributed by atoms with Gasteiger partial charge in [-0.2, -0.15) is 0 Å². The molecule has 0 saturated heterocycles. The number of carbonyl (C=O) groups is 1. The van der Waals surface area contributed by atoms with Crippen molar-refractivity contribution in [1.29, 1.82) is 0 Å². The number of nitrogens with one attached hydrogen (secondary N) is 2. The average molecular weight is 262 g/mol. The summed E-state index contributed by atoms with van der Waals surface area (Å²) >= 11 is 5.79. The molecule has 0 radical (unpaired) electrons. The summed E-state index contributed by atoms with van der Waals surface area (Å²) in [6.07, 6.45) is 1.52. The van der Waals surface area contributed by atoms with Crippen LogP contribution in [0.2, 0.25) is 5.15 Å². The molecule has 1 heterocycles. The third-order valence-electron chi connectivity index (χ3n) is 2.42. The Balaban J connectivity index is 2.22. The predicted octanol–water partition coefficient (Wildman–Crippen LogP) is 3.03. The van der Waals surface area contributed by atoms with Crippen LogP contribution in [-0.4, -0.2) is 17.9 Å². The minimum absolute atomic E-state index is 0.184. The Bertz CT molecular complexity index is 557. The first-order valence-corrected chi connectivity index (χ1v) is 5.78. The summed E-state index contributed by atoms with van der Waals surface area (Å²) in [4.78, 5) is 15.9. The highest BCUT2D eigenvalue weighted by atomic mass is 35.5. The zero-order valence-corrected chi connectivity index (χ0v) is 10.5. The molecule has 1 aromatic carbocycles. The zero-order chi connectivity index (χ0) is 13.0. The lowest BCUT2D eigenvalue weighted by molar-refractivity contribution is 0.102. The van der Waals surface area contributed by atoms with Crippen LogP contribution in [0, 0.1) is 0 Å². The van der Waals surface area contributed by atoms with Gasteiger partial charge in [0.1, 0.15) is 5.15 Å². The first-order valence-electron chi connectivity index (χ1n) is 5.40. The first kappa shape index (κ1) is 12.4. The molecule has 5 heteroatoms. The van der Waals surface area contributed by atoms with Crippen molar-refractivity contribution in [2.75, 3.05) is 17.7 Å². The summed E-state index contributed by atoms with van der Waals surface area (Å²) in [6, 6.07) is 10.6. The Hall–Kier alpha value is -2.07. The maximum absolute atomic E-state index is 12.0. The second kappa shape index (κ2) is 5.51. The van der Waals surface area contributed by atoms with Crippen molar-refractivity contribution in [3.05, 3.63) is 53.3 Å². The summed E-state index contributed by atoms with van der Waals surface area (Å²) in [5.74, 6) is -0.184. The summed E-state index contributed by atoms with van der Waals surface area (Å²) < 4.78 is 0. The molecule has 1 amide bonds. The van der Waals surface area contributed by atoms with Crippen LogP contribution in [0.15, 0.2) is 42.6 Å². The SMILES string of the molecule is CNc1cc(Cl)ncc1NC(=O)c1ccccc1. The fraction of sp³-hybridized carbons (Fsp3) is 0.0769. The van der Waals surface area contributed by atoms with Gasteiger partial charge < -0.3 is 10.6 Å². The van der Waals surface area contributed by atoms with E-state index in [1.54, 1.807) is 25.2 Å². The number of rotatable bonds is 3. The fourth-order valence-electron chi connectivity index (χ4n) is 1.52. The van der Waals surface area contributed by atoms with Crippen molar-refractivity contribution in [2.24, 2.45) is 0 Å². The van der Waals surface area contributed by atoms with Gasteiger partial charge in [-0.25, -0.2) is 4.98 Å². The highest BCUT2D eigenvalue weighted by Crippen LogP contribution is 2.23. The fourth-order valence-corrected chi connectivity index (χ4v) is 1.68. The van der Waals surface area contributed by atoms with Crippen molar-refractivity contribution in [1.82, 2.24) is 4.98 Å². The molecular formula is C13H12ClN3O. The molecule has 2 N–H and O–H groups in total. The molecule has 0 fully saturated rings. The lowest BCUT2D eigenvalue weighted by Crippen LogP contribution is -2.13. The van der Waals surface area contributed by atoms with Crippen molar-refractivity contribution in [2.45, 2.75) is 0 Å². The summed E-state index contributed by atoms with van der Waals surface area (Å²) in [5.41, 5.74) is 1.91. The third kappa shape index (κ3) is 2.78. The summed E-state index contributed by atoms with van der Waals surface area (Å²) in [5, 5.41) is 6.11. The number of pyridine rings is 1. The standard InChI is InChI=1S/C13H12ClN3O/c1-15-10-7-12(14)16-8-11(10)17-13(18)9-5-3-2-4-6-9/h2-8H,1H3,(H,15,16)(H,17,18). The Kier molecular flexibility index (Phi) is 3.79. The molecule has 0 aliphatic rings. The summed E-state index contributed by atoms with van der Waals surface area (Å²) in [7, 11) is 1.75. The van der Waals surface area contributed by atoms with Crippen LogP contribution in [-0.2, 0) is 0 Å².